The summed E-state index contributed by atoms with van der Waals surface area (Å²) in [4.78, 5) is 12.9. The van der Waals surface area contributed by atoms with Crippen molar-refractivity contribution in [1.82, 2.24) is 9.97 Å². The van der Waals surface area contributed by atoms with Crippen molar-refractivity contribution in [2.45, 2.75) is 145 Å². The molecule has 0 radical (unpaired) electrons. The van der Waals surface area contributed by atoms with Crippen LogP contribution in [-0.2, 0) is 0 Å². The van der Waals surface area contributed by atoms with Crippen LogP contribution in [0, 0.1) is 35.5 Å². The molecule has 0 saturated heterocycles. The van der Waals surface area contributed by atoms with Crippen LogP contribution in [0.3, 0.4) is 0 Å². The molecule has 4 unspecified atom stereocenters. The highest BCUT2D eigenvalue weighted by molar-refractivity contribution is 7.14. The molecule has 0 aliphatic rings. The molecule has 1 aromatic carbocycles. The Hall–Kier alpha value is -2.44. The third-order valence-corrected chi connectivity index (χ3v) is 12.5. The van der Waals surface area contributed by atoms with Gasteiger partial charge < -0.3 is 9.47 Å². The van der Waals surface area contributed by atoms with E-state index in [1.54, 1.807) is 22.7 Å². The van der Waals surface area contributed by atoms with E-state index in [2.05, 4.69) is 103 Å². The first-order valence-corrected chi connectivity index (χ1v) is 22.5. The zero-order chi connectivity index (χ0) is 37.3. The predicted octanol–water partition coefficient (Wildman–Crippen LogP) is 15.2. The molecule has 0 saturated carbocycles. The summed E-state index contributed by atoms with van der Waals surface area (Å²) in [5.74, 6) is 6.14. The third kappa shape index (κ3) is 14.4. The van der Waals surface area contributed by atoms with E-state index < -0.39 is 0 Å². The van der Waals surface area contributed by atoms with Gasteiger partial charge in [0.2, 0.25) is 0 Å². The lowest BCUT2D eigenvalue weighted by atomic mass is 9.93. The second kappa shape index (κ2) is 22.7. The Bertz CT molecular complexity index is 1420. The molecule has 0 aliphatic carbocycles. The Kier molecular flexibility index (Phi) is 18.5. The van der Waals surface area contributed by atoms with Crippen molar-refractivity contribution in [2.75, 3.05) is 13.2 Å². The Labute approximate surface area is 325 Å². The normalized spacial score (nSPS) is 14.3. The molecular weight excluding hydrogens is 677 g/mol. The molecule has 0 aliphatic heterocycles. The Morgan fingerprint density at radius 2 is 0.808 bits per heavy atom. The first-order valence-electron chi connectivity index (χ1n) is 20.8. The van der Waals surface area contributed by atoms with Gasteiger partial charge in [-0.3, -0.25) is 0 Å². The van der Waals surface area contributed by atoms with E-state index >= 15 is 0 Å². The van der Waals surface area contributed by atoms with Crippen molar-refractivity contribution < 1.29 is 9.47 Å². The lowest BCUT2D eigenvalue weighted by Gasteiger charge is -2.18. The van der Waals surface area contributed by atoms with Crippen LogP contribution in [0.25, 0.3) is 32.2 Å². The Morgan fingerprint density at radius 1 is 0.462 bits per heavy atom. The quantitative estimate of drug-likeness (QED) is 0.0642. The van der Waals surface area contributed by atoms with Crippen molar-refractivity contribution in [3.8, 4) is 32.6 Å². The van der Waals surface area contributed by atoms with Crippen molar-refractivity contribution in [3.05, 3.63) is 47.2 Å². The maximum absolute atomic E-state index is 6.54. The molecule has 0 N–H and O–H groups in total. The van der Waals surface area contributed by atoms with Gasteiger partial charge >= 0.3 is 0 Å². The summed E-state index contributed by atoms with van der Waals surface area (Å²) in [6.07, 6.45) is 18.0. The molecule has 0 amide bonds. The maximum atomic E-state index is 6.54. The number of thiophene rings is 2. The Morgan fingerprint density at radius 3 is 1.13 bits per heavy atom. The number of aromatic nitrogens is 2. The monoisotopic (exact) mass is 746 g/mol. The summed E-state index contributed by atoms with van der Waals surface area (Å²) >= 11 is 3.41. The minimum absolute atomic E-state index is 0.630. The van der Waals surface area contributed by atoms with Crippen LogP contribution >= 0.6 is 22.7 Å². The number of hydrogen-bond acceptors (Lipinski definition) is 6. The summed E-state index contributed by atoms with van der Waals surface area (Å²) < 4.78 is 13.1. The molecule has 3 heterocycles. The minimum Gasteiger partial charge on any atom is -0.491 e. The molecule has 4 rings (SSSR count). The lowest BCUT2D eigenvalue weighted by molar-refractivity contribution is 0.271. The molecule has 0 fully saturated rings. The van der Waals surface area contributed by atoms with Crippen LogP contribution < -0.4 is 9.47 Å². The first-order chi connectivity index (χ1) is 25.1. The highest BCUT2D eigenvalue weighted by atomic mass is 32.1. The molecular formula is C46H70N2O2S2. The number of ether oxygens (including phenoxy) is 2. The third-order valence-electron chi connectivity index (χ3n) is 10.7. The van der Waals surface area contributed by atoms with E-state index in [0.29, 0.717) is 25.0 Å². The van der Waals surface area contributed by atoms with Crippen LogP contribution in [0.1, 0.15) is 145 Å². The van der Waals surface area contributed by atoms with Crippen LogP contribution in [0.2, 0.25) is 0 Å². The van der Waals surface area contributed by atoms with E-state index in [0.717, 1.165) is 80.2 Å². The van der Waals surface area contributed by atoms with Gasteiger partial charge in [-0.25, -0.2) is 9.97 Å². The van der Waals surface area contributed by atoms with Crippen LogP contribution in [0.15, 0.2) is 47.2 Å². The highest BCUT2D eigenvalue weighted by Crippen LogP contribution is 2.40. The van der Waals surface area contributed by atoms with Crippen molar-refractivity contribution >= 4 is 33.7 Å². The topological polar surface area (TPSA) is 44.2 Å². The number of fused-ring (bicyclic) bond motifs is 1. The predicted molar refractivity (Wildman–Crippen MR) is 228 cm³/mol. The lowest BCUT2D eigenvalue weighted by Crippen LogP contribution is -2.08. The average molecular weight is 747 g/mol. The van der Waals surface area contributed by atoms with Gasteiger partial charge in [0.25, 0.3) is 0 Å². The summed E-state index contributed by atoms with van der Waals surface area (Å²) in [7, 11) is 0. The molecule has 288 valence electrons. The van der Waals surface area contributed by atoms with E-state index in [9.17, 15) is 0 Å². The number of rotatable bonds is 26. The summed E-state index contributed by atoms with van der Waals surface area (Å²) in [5.41, 5.74) is 3.41. The van der Waals surface area contributed by atoms with Crippen molar-refractivity contribution in [2.24, 2.45) is 35.5 Å². The number of hydrogen-bond donors (Lipinski definition) is 0. The molecule has 52 heavy (non-hydrogen) atoms. The highest BCUT2D eigenvalue weighted by Gasteiger charge is 2.20. The summed E-state index contributed by atoms with van der Waals surface area (Å²) in [5, 5.41) is 4.22. The minimum atomic E-state index is 0.630. The van der Waals surface area contributed by atoms with Gasteiger partial charge in [0.15, 0.2) is 0 Å². The van der Waals surface area contributed by atoms with E-state index in [4.69, 9.17) is 19.4 Å². The van der Waals surface area contributed by atoms with Gasteiger partial charge in [-0.2, -0.15) is 0 Å². The second-order valence-electron chi connectivity index (χ2n) is 16.8. The van der Waals surface area contributed by atoms with Gasteiger partial charge in [0.1, 0.15) is 33.9 Å². The average Bonchev–Trinajstić information content (AvgIpc) is 3.84. The maximum Gasteiger partial charge on any atom is 0.147 e. The van der Waals surface area contributed by atoms with Gasteiger partial charge in [0, 0.05) is 0 Å². The van der Waals surface area contributed by atoms with E-state index in [-0.39, 0.29) is 0 Å². The van der Waals surface area contributed by atoms with Gasteiger partial charge in [-0.05, 0) is 83.4 Å². The fourth-order valence-corrected chi connectivity index (χ4v) is 8.62. The number of nitrogens with zero attached hydrogens (tertiary/aromatic N) is 2. The number of benzene rings is 1. The fourth-order valence-electron chi connectivity index (χ4n) is 7.19. The fraction of sp³-hybridized carbons (Fsp3) is 0.652. The molecule has 4 aromatic rings. The zero-order valence-electron chi connectivity index (χ0n) is 33.9. The standard InChI is InChI=1S/C46H70N2O2S2/c1-33(2)15-9-17-35(5)19-11-21-37(7)27-29-49-39-25-26-40(50-30-28-38(8)22-12-20-36(6)18-10-16-34(3)4)44-43(39)47-45(41-23-13-31-51-41)46(48-44)42-24-14-32-52-42/h13-14,23-26,31-38H,9-12,15-22,27-30H2,1-8H3. The molecule has 6 heteroatoms. The molecule has 0 spiro atoms. The second-order valence-corrected chi connectivity index (χ2v) is 18.7. The molecule has 4 nitrogen and oxygen atoms in total. The zero-order valence-corrected chi connectivity index (χ0v) is 35.6. The van der Waals surface area contributed by atoms with Crippen LogP contribution in [0.4, 0.5) is 0 Å². The largest absolute Gasteiger partial charge is 0.491 e. The molecule has 3 aromatic heterocycles. The smallest absolute Gasteiger partial charge is 0.147 e. The van der Waals surface area contributed by atoms with Gasteiger partial charge in [-0.15, -0.1) is 22.7 Å². The van der Waals surface area contributed by atoms with E-state index in [1.165, 1.54) is 77.0 Å². The van der Waals surface area contributed by atoms with Crippen LogP contribution in [0.5, 0.6) is 11.5 Å². The molecule has 0 bridgehead atoms. The van der Waals surface area contributed by atoms with Gasteiger partial charge in [-0.1, -0.05) is 145 Å². The first kappa shape index (κ1) is 42.3. The van der Waals surface area contributed by atoms with Gasteiger partial charge in [0.05, 0.1) is 23.0 Å². The summed E-state index contributed by atoms with van der Waals surface area (Å²) in [6.45, 7) is 20.3. The van der Waals surface area contributed by atoms with Crippen molar-refractivity contribution in [3.63, 3.8) is 0 Å². The van der Waals surface area contributed by atoms with Crippen molar-refractivity contribution in [1.29, 1.82) is 0 Å². The molecule has 4 atom stereocenters. The Balaban J connectivity index is 1.40. The summed E-state index contributed by atoms with van der Waals surface area (Å²) in [6, 6.07) is 12.6. The van der Waals surface area contributed by atoms with E-state index in [1.807, 2.05) is 0 Å². The van der Waals surface area contributed by atoms with Crippen LogP contribution in [-0.4, -0.2) is 23.2 Å². The SMILES string of the molecule is CC(C)CCCC(C)CCCC(C)CCOc1ccc(OCCC(C)CCCC(C)CCCC(C)C)c2nc(-c3cccs3)c(-c3cccs3)nc12.